The maximum atomic E-state index is 11.5. The lowest BCUT2D eigenvalue weighted by Gasteiger charge is -2.54. The van der Waals surface area contributed by atoms with Gasteiger partial charge in [-0.2, -0.15) is 0 Å². The molecule has 4 rings (SSSR count). The Bertz CT molecular complexity index is 814. The minimum Gasteiger partial charge on any atom is -0.465 e. The summed E-state index contributed by atoms with van der Waals surface area (Å²) in [6.45, 7) is 3.88. The number of benzene rings is 1. The van der Waals surface area contributed by atoms with Crippen molar-refractivity contribution in [2.45, 2.75) is 19.4 Å². The summed E-state index contributed by atoms with van der Waals surface area (Å²) in [5.74, 6) is 0. The van der Waals surface area contributed by atoms with Crippen molar-refractivity contribution in [3.05, 3.63) is 58.9 Å². The predicted octanol–water partition coefficient (Wildman–Crippen LogP) is 3.45. The van der Waals surface area contributed by atoms with Crippen LogP contribution in [-0.4, -0.2) is 46.8 Å². The van der Waals surface area contributed by atoms with Crippen molar-refractivity contribution in [2.75, 3.05) is 24.5 Å². The minimum atomic E-state index is -0.841. The Balaban J connectivity index is 1.62. The van der Waals surface area contributed by atoms with Gasteiger partial charge >= 0.3 is 6.09 Å². The zero-order valence-electron chi connectivity index (χ0n) is 14.0. The second-order valence-corrected chi connectivity index (χ2v) is 7.49. The third-order valence-corrected chi connectivity index (χ3v) is 5.86. The van der Waals surface area contributed by atoms with Crippen molar-refractivity contribution >= 4 is 23.4 Å². The van der Waals surface area contributed by atoms with Crippen LogP contribution >= 0.6 is 11.6 Å². The van der Waals surface area contributed by atoms with Gasteiger partial charge in [-0.3, -0.25) is 0 Å². The van der Waals surface area contributed by atoms with Crippen LogP contribution in [0.3, 0.4) is 0 Å². The van der Waals surface area contributed by atoms with Gasteiger partial charge in [0, 0.05) is 25.0 Å². The van der Waals surface area contributed by atoms with Gasteiger partial charge in [0.2, 0.25) is 0 Å². The number of anilines is 1. The third-order valence-electron chi connectivity index (χ3n) is 5.47. The highest BCUT2D eigenvalue weighted by molar-refractivity contribution is 6.30. The van der Waals surface area contributed by atoms with Crippen LogP contribution in [0.15, 0.2) is 42.6 Å². The Morgan fingerprint density at radius 3 is 2.80 bits per heavy atom. The molecule has 1 amide bonds. The standard InChI is InChI=1S/C19H20ClN3O2/c1-13-7-15(9-21-17(13)20)23-12-19(8-14-5-3-2-4-6-14)11-22(18(24)25)10-16(19)23/h2-7,9,16H,8,10-12H2,1H3,(H,24,25)/t16-,19-/m1/s1. The number of aromatic nitrogens is 1. The van der Waals surface area contributed by atoms with E-state index < -0.39 is 6.09 Å². The molecule has 2 atom stereocenters. The number of hydrogen-bond donors (Lipinski definition) is 1. The molecule has 1 aromatic carbocycles. The molecule has 3 heterocycles. The molecule has 2 aliphatic rings. The number of nitrogens with zero attached hydrogens (tertiary/aromatic N) is 3. The fourth-order valence-electron chi connectivity index (χ4n) is 4.22. The van der Waals surface area contributed by atoms with Crippen molar-refractivity contribution in [1.29, 1.82) is 0 Å². The molecule has 25 heavy (non-hydrogen) atoms. The summed E-state index contributed by atoms with van der Waals surface area (Å²) in [6, 6.07) is 12.5. The average molecular weight is 358 g/mol. The molecule has 1 aromatic heterocycles. The molecule has 6 heteroatoms. The second kappa shape index (κ2) is 5.92. The Morgan fingerprint density at radius 2 is 2.12 bits per heavy atom. The van der Waals surface area contributed by atoms with Crippen LogP contribution < -0.4 is 4.90 Å². The van der Waals surface area contributed by atoms with E-state index in [0.29, 0.717) is 18.2 Å². The molecule has 130 valence electrons. The van der Waals surface area contributed by atoms with Gasteiger partial charge in [-0.15, -0.1) is 0 Å². The van der Waals surface area contributed by atoms with Gasteiger partial charge in [-0.05, 0) is 30.5 Å². The van der Waals surface area contributed by atoms with E-state index in [1.165, 1.54) is 5.56 Å². The normalized spacial score (nSPS) is 24.8. The first-order valence-electron chi connectivity index (χ1n) is 8.39. The Morgan fingerprint density at radius 1 is 1.36 bits per heavy atom. The number of fused-ring (bicyclic) bond motifs is 1. The van der Waals surface area contributed by atoms with Crippen LogP contribution in [0.5, 0.6) is 0 Å². The summed E-state index contributed by atoms with van der Waals surface area (Å²) >= 11 is 6.04. The van der Waals surface area contributed by atoms with Crippen molar-refractivity contribution in [2.24, 2.45) is 5.41 Å². The molecule has 2 aliphatic heterocycles. The molecule has 0 unspecified atom stereocenters. The number of pyridine rings is 1. The highest BCUT2D eigenvalue weighted by Gasteiger charge is 2.58. The maximum absolute atomic E-state index is 11.5. The minimum absolute atomic E-state index is 0.0344. The topological polar surface area (TPSA) is 56.7 Å². The van der Waals surface area contributed by atoms with Crippen LogP contribution in [-0.2, 0) is 6.42 Å². The van der Waals surface area contributed by atoms with Gasteiger partial charge < -0.3 is 14.9 Å². The molecule has 1 N–H and O–H groups in total. The average Bonchev–Trinajstić information content (AvgIpc) is 2.86. The van der Waals surface area contributed by atoms with Gasteiger partial charge in [-0.25, -0.2) is 9.78 Å². The Labute approximate surface area is 151 Å². The number of hydrogen-bond acceptors (Lipinski definition) is 3. The molecule has 0 aliphatic carbocycles. The van der Waals surface area contributed by atoms with Crippen LogP contribution in [0, 0.1) is 12.3 Å². The van der Waals surface area contributed by atoms with Gasteiger partial charge in [0.05, 0.1) is 17.9 Å². The van der Waals surface area contributed by atoms with Gasteiger partial charge in [0.1, 0.15) is 5.15 Å². The molecular formula is C19H20ClN3O2. The summed E-state index contributed by atoms with van der Waals surface area (Å²) in [5, 5.41) is 9.98. The van der Waals surface area contributed by atoms with E-state index in [1.54, 1.807) is 11.1 Å². The lowest BCUT2D eigenvalue weighted by molar-refractivity contribution is 0.144. The molecule has 2 fully saturated rings. The molecule has 0 bridgehead atoms. The summed E-state index contributed by atoms with van der Waals surface area (Å²) in [7, 11) is 0. The molecular weight excluding hydrogens is 338 g/mol. The number of carboxylic acid groups (broad SMARTS) is 1. The summed E-state index contributed by atoms with van der Waals surface area (Å²) < 4.78 is 0. The van der Waals surface area contributed by atoms with E-state index in [1.807, 2.05) is 31.2 Å². The summed E-state index contributed by atoms with van der Waals surface area (Å²) in [4.78, 5) is 19.6. The van der Waals surface area contributed by atoms with E-state index in [2.05, 4.69) is 22.0 Å². The van der Waals surface area contributed by atoms with Crippen LogP contribution in [0.2, 0.25) is 5.15 Å². The fourth-order valence-corrected chi connectivity index (χ4v) is 4.33. The highest BCUT2D eigenvalue weighted by atomic mass is 35.5. The van der Waals surface area contributed by atoms with E-state index >= 15 is 0 Å². The number of aryl methyl sites for hydroxylation is 1. The highest BCUT2D eigenvalue weighted by Crippen LogP contribution is 2.48. The number of amides is 1. The number of carbonyl (C=O) groups is 1. The van der Waals surface area contributed by atoms with Gasteiger partial charge in [0.15, 0.2) is 0 Å². The lowest BCUT2D eigenvalue weighted by atomic mass is 9.69. The smallest absolute Gasteiger partial charge is 0.407 e. The SMILES string of the molecule is Cc1cc(N2C[C@@]3(Cc4ccccc4)CN(C(=O)O)C[C@@H]23)cnc1Cl. The molecule has 0 saturated carbocycles. The van der Waals surface area contributed by atoms with Crippen molar-refractivity contribution < 1.29 is 9.90 Å². The van der Waals surface area contributed by atoms with E-state index in [4.69, 9.17) is 11.6 Å². The first kappa shape index (κ1) is 16.2. The molecule has 5 nitrogen and oxygen atoms in total. The van der Waals surface area contributed by atoms with E-state index in [0.717, 1.165) is 24.2 Å². The lowest BCUT2D eigenvalue weighted by Crippen LogP contribution is -2.65. The fraction of sp³-hybridized carbons (Fsp3) is 0.368. The Hall–Kier alpha value is -2.27. The van der Waals surface area contributed by atoms with E-state index in [9.17, 15) is 9.90 Å². The molecule has 2 aromatic rings. The van der Waals surface area contributed by atoms with Crippen LogP contribution in [0.1, 0.15) is 11.1 Å². The van der Waals surface area contributed by atoms with Crippen molar-refractivity contribution in [1.82, 2.24) is 9.88 Å². The first-order valence-corrected chi connectivity index (χ1v) is 8.77. The van der Waals surface area contributed by atoms with E-state index in [-0.39, 0.29) is 11.5 Å². The predicted molar refractivity (Wildman–Crippen MR) is 97.3 cm³/mol. The monoisotopic (exact) mass is 357 g/mol. The second-order valence-electron chi connectivity index (χ2n) is 7.13. The van der Waals surface area contributed by atoms with Crippen molar-refractivity contribution in [3.63, 3.8) is 0 Å². The first-order chi connectivity index (χ1) is 12.0. The zero-order valence-corrected chi connectivity index (χ0v) is 14.8. The third kappa shape index (κ3) is 2.72. The van der Waals surface area contributed by atoms with Crippen molar-refractivity contribution in [3.8, 4) is 0 Å². The van der Waals surface area contributed by atoms with Gasteiger partial charge in [0.25, 0.3) is 0 Å². The van der Waals surface area contributed by atoms with Crippen LogP contribution in [0.4, 0.5) is 10.5 Å². The summed E-state index contributed by atoms with van der Waals surface area (Å²) in [6.07, 6.45) is 1.83. The molecule has 0 radical (unpaired) electrons. The quantitative estimate of drug-likeness (QED) is 0.855. The largest absolute Gasteiger partial charge is 0.465 e. The van der Waals surface area contributed by atoms with Gasteiger partial charge in [-0.1, -0.05) is 41.9 Å². The maximum Gasteiger partial charge on any atom is 0.407 e. The molecule has 2 saturated heterocycles. The number of halogens is 1. The number of rotatable bonds is 3. The Kier molecular flexibility index (Phi) is 3.84. The zero-order chi connectivity index (χ0) is 17.6. The number of likely N-dealkylation sites (tertiary alicyclic amines) is 1. The van der Waals surface area contributed by atoms with Crippen LogP contribution in [0.25, 0.3) is 0 Å². The molecule has 0 spiro atoms. The summed E-state index contributed by atoms with van der Waals surface area (Å²) in [5.41, 5.74) is 3.17.